The van der Waals surface area contributed by atoms with Crippen molar-refractivity contribution < 1.29 is 8.42 Å². The Hall–Kier alpha value is 0.160. The van der Waals surface area contributed by atoms with Gasteiger partial charge in [0, 0.05) is 24.5 Å². The summed E-state index contributed by atoms with van der Waals surface area (Å²) >= 11 is 6.07. The average molecular weight is 311 g/mol. The maximum atomic E-state index is 11.6. The van der Waals surface area contributed by atoms with E-state index in [-0.39, 0.29) is 5.54 Å². The minimum absolute atomic E-state index is 0.00504. The zero-order valence-corrected chi connectivity index (χ0v) is 13.9. The first kappa shape index (κ1) is 17.2. The summed E-state index contributed by atoms with van der Waals surface area (Å²) in [6, 6.07) is 0. The molecule has 0 spiro atoms. The van der Waals surface area contributed by atoms with Crippen LogP contribution in [-0.4, -0.2) is 50.0 Å². The molecule has 0 aromatic carbocycles. The number of alkyl halides is 1. The highest BCUT2D eigenvalue weighted by molar-refractivity contribution is 7.88. The molecule has 114 valence electrons. The Bertz CT molecular complexity index is 361. The van der Waals surface area contributed by atoms with Crippen LogP contribution in [0.2, 0.25) is 0 Å². The van der Waals surface area contributed by atoms with Gasteiger partial charge in [-0.2, -0.15) is 0 Å². The lowest BCUT2D eigenvalue weighted by Gasteiger charge is -2.36. The van der Waals surface area contributed by atoms with Gasteiger partial charge in [0.1, 0.15) is 0 Å². The van der Waals surface area contributed by atoms with Crippen LogP contribution in [0.25, 0.3) is 0 Å². The van der Waals surface area contributed by atoms with Crippen LogP contribution in [-0.2, 0) is 10.0 Å². The molecule has 1 atom stereocenters. The molecule has 1 unspecified atom stereocenters. The minimum atomic E-state index is -3.05. The average Bonchev–Trinajstić information content (AvgIpc) is 2.40. The number of halogens is 1. The number of rotatable bonds is 7. The van der Waals surface area contributed by atoms with E-state index in [0.717, 1.165) is 32.2 Å². The molecule has 0 bridgehead atoms. The Morgan fingerprint density at radius 3 is 2.47 bits per heavy atom. The molecule has 1 saturated heterocycles. The monoisotopic (exact) mass is 310 g/mol. The van der Waals surface area contributed by atoms with E-state index in [9.17, 15) is 8.42 Å². The van der Waals surface area contributed by atoms with Gasteiger partial charge in [-0.15, -0.1) is 11.6 Å². The van der Waals surface area contributed by atoms with Gasteiger partial charge in [0.2, 0.25) is 10.0 Å². The first-order valence-corrected chi connectivity index (χ1v) is 9.51. The summed E-state index contributed by atoms with van der Waals surface area (Å²) in [5.74, 6) is 0.992. The summed E-state index contributed by atoms with van der Waals surface area (Å²) in [5.41, 5.74) is -0.00504. The van der Waals surface area contributed by atoms with Crippen LogP contribution < -0.4 is 5.32 Å². The van der Waals surface area contributed by atoms with E-state index in [1.54, 1.807) is 4.31 Å². The number of piperidine rings is 1. The third kappa shape index (κ3) is 4.88. The summed E-state index contributed by atoms with van der Waals surface area (Å²) in [7, 11) is -3.05. The van der Waals surface area contributed by atoms with Crippen molar-refractivity contribution in [2.75, 3.05) is 31.8 Å². The SMILES string of the molecule is CCC(CC)(CCl)NCC1CCCN(S(C)(=O)=O)C1. The molecule has 0 radical (unpaired) electrons. The van der Waals surface area contributed by atoms with Gasteiger partial charge in [0.25, 0.3) is 0 Å². The van der Waals surface area contributed by atoms with Crippen LogP contribution in [0.3, 0.4) is 0 Å². The third-order valence-corrected chi connectivity index (χ3v) is 6.11. The first-order valence-electron chi connectivity index (χ1n) is 7.13. The van der Waals surface area contributed by atoms with Crippen molar-refractivity contribution >= 4 is 21.6 Å². The fraction of sp³-hybridized carbons (Fsp3) is 1.00. The molecule has 1 heterocycles. The maximum Gasteiger partial charge on any atom is 0.211 e. The summed E-state index contributed by atoms with van der Waals surface area (Å²) in [5, 5.41) is 3.57. The molecule has 0 saturated carbocycles. The van der Waals surface area contributed by atoms with Gasteiger partial charge in [-0.1, -0.05) is 13.8 Å². The maximum absolute atomic E-state index is 11.6. The van der Waals surface area contributed by atoms with E-state index in [1.165, 1.54) is 6.26 Å². The second kappa shape index (κ2) is 7.25. The fourth-order valence-electron chi connectivity index (χ4n) is 2.59. The molecule has 6 heteroatoms. The van der Waals surface area contributed by atoms with E-state index >= 15 is 0 Å². The lowest BCUT2D eigenvalue weighted by Crippen LogP contribution is -2.50. The van der Waals surface area contributed by atoms with E-state index in [1.807, 2.05) is 0 Å². The zero-order chi connectivity index (χ0) is 14.5. The topological polar surface area (TPSA) is 49.4 Å². The molecule has 19 heavy (non-hydrogen) atoms. The molecular formula is C13H27ClN2O2S. The Morgan fingerprint density at radius 2 is 2.00 bits per heavy atom. The van der Waals surface area contributed by atoms with Gasteiger partial charge in [0.05, 0.1) is 6.26 Å². The minimum Gasteiger partial charge on any atom is -0.310 e. The second-order valence-electron chi connectivity index (χ2n) is 5.63. The van der Waals surface area contributed by atoms with Crippen molar-refractivity contribution in [1.29, 1.82) is 0 Å². The first-order chi connectivity index (χ1) is 8.87. The van der Waals surface area contributed by atoms with Crippen LogP contribution in [0.4, 0.5) is 0 Å². The van der Waals surface area contributed by atoms with Crippen molar-refractivity contribution in [2.45, 2.75) is 45.1 Å². The van der Waals surface area contributed by atoms with Crippen LogP contribution in [0.1, 0.15) is 39.5 Å². The summed E-state index contributed by atoms with van der Waals surface area (Å²) in [4.78, 5) is 0. The van der Waals surface area contributed by atoms with Crippen molar-refractivity contribution in [3.05, 3.63) is 0 Å². The molecule has 0 aromatic heterocycles. The summed E-state index contributed by atoms with van der Waals surface area (Å²) in [6.45, 7) is 6.43. The van der Waals surface area contributed by atoms with Crippen LogP contribution in [0.5, 0.6) is 0 Å². The Balaban J connectivity index is 2.53. The molecule has 0 amide bonds. The van der Waals surface area contributed by atoms with Crippen molar-refractivity contribution in [3.63, 3.8) is 0 Å². The van der Waals surface area contributed by atoms with Gasteiger partial charge in [-0.05, 0) is 38.1 Å². The number of nitrogens with one attached hydrogen (secondary N) is 1. The van der Waals surface area contributed by atoms with Gasteiger partial charge in [-0.3, -0.25) is 0 Å². The molecule has 1 fully saturated rings. The molecule has 1 aliphatic heterocycles. The lowest BCUT2D eigenvalue weighted by molar-refractivity contribution is 0.232. The number of hydrogen-bond acceptors (Lipinski definition) is 3. The molecule has 1 aliphatic rings. The van der Waals surface area contributed by atoms with Crippen molar-refractivity contribution in [3.8, 4) is 0 Å². The standard InChI is InChI=1S/C13H27ClN2O2S/c1-4-13(5-2,11-14)15-9-12-7-6-8-16(10-12)19(3,17)18/h12,15H,4-11H2,1-3H3. The van der Waals surface area contributed by atoms with E-state index in [0.29, 0.717) is 24.9 Å². The largest absolute Gasteiger partial charge is 0.310 e. The quantitative estimate of drug-likeness (QED) is 0.732. The van der Waals surface area contributed by atoms with Gasteiger partial charge < -0.3 is 5.32 Å². The normalized spacial score (nSPS) is 22.6. The lowest BCUT2D eigenvalue weighted by atomic mass is 9.92. The predicted molar refractivity (Wildman–Crippen MR) is 81.2 cm³/mol. The number of sulfonamides is 1. The Morgan fingerprint density at radius 1 is 1.37 bits per heavy atom. The Labute approximate surface area is 122 Å². The molecule has 4 nitrogen and oxygen atoms in total. The van der Waals surface area contributed by atoms with Crippen LogP contribution in [0.15, 0.2) is 0 Å². The van der Waals surface area contributed by atoms with Crippen molar-refractivity contribution in [2.24, 2.45) is 5.92 Å². The molecule has 0 aliphatic carbocycles. The van der Waals surface area contributed by atoms with Crippen LogP contribution >= 0.6 is 11.6 Å². The molecule has 1 rings (SSSR count). The molecule has 1 N–H and O–H groups in total. The third-order valence-electron chi connectivity index (χ3n) is 4.33. The molecular weight excluding hydrogens is 284 g/mol. The number of hydrogen-bond donors (Lipinski definition) is 1. The highest BCUT2D eigenvalue weighted by atomic mass is 35.5. The van der Waals surface area contributed by atoms with E-state index in [2.05, 4.69) is 19.2 Å². The Kier molecular flexibility index (Phi) is 6.57. The second-order valence-corrected chi connectivity index (χ2v) is 7.88. The number of nitrogens with zero attached hydrogens (tertiary/aromatic N) is 1. The highest BCUT2D eigenvalue weighted by Gasteiger charge is 2.29. The van der Waals surface area contributed by atoms with Crippen LogP contribution in [0, 0.1) is 5.92 Å². The smallest absolute Gasteiger partial charge is 0.211 e. The fourth-order valence-corrected chi connectivity index (χ4v) is 4.01. The predicted octanol–water partition coefficient (Wildman–Crippen LogP) is 2.05. The summed E-state index contributed by atoms with van der Waals surface area (Å²) < 4.78 is 24.8. The highest BCUT2D eigenvalue weighted by Crippen LogP contribution is 2.21. The van der Waals surface area contributed by atoms with Gasteiger partial charge in [-0.25, -0.2) is 12.7 Å². The van der Waals surface area contributed by atoms with Gasteiger partial charge >= 0.3 is 0 Å². The van der Waals surface area contributed by atoms with Crippen molar-refractivity contribution in [1.82, 2.24) is 9.62 Å². The van der Waals surface area contributed by atoms with E-state index in [4.69, 9.17) is 11.6 Å². The summed E-state index contributed by atoms with van der Waals surface area (Å²) in [6.07, 6.45) is 5.32. The van der Waals surface area contributed by atoms with E-state index < -0.39 is 10.0 Å². The van der Waals surface area contributed by atoms with Gasteiger partial charge in [0.15, 0.2) is 0 Å². The zero-order valence-electron chi connectivity index (χ0n) is 12.3. The molecule has 0 aromatic rings.